The zero-order valence-electron chi connectivity index (χ0n) is 15.6. The van der Waals surface area contributed by atoms with Crippen molar-refractivity contribution in [2.45, 2.75) is 89.1 Å². The summed E-state index contributed by atoms with van der Waals surface area (Å²) < 4.78 is 6.45. The van der Waals surface area contributed by atoms with Crippen molar-refractivity contribution in [3.8, 4) is 0 Å². The Morgan fingerprint density at radius 3 is 2.50 bits per heavy atom. The lowest BCUT2D eigenvalue weighted by Gasteiger charge is -2.49. The van der Waals surface area contributed by atoms with E-state index in [1.807, 2.05) is 32.1 Å². The number of fused-ring (bicyclic) bond motifs is 2. The molecule has 1 saturated heterocycles. The molecule has 0 amide bonds. The Balaban J connectivity index is 2.38. The molecule has 4 atom stereocenters. The molecule has 138 valence electrons. The molecule has 0 radical (unpaired) electrons. The Morgan fingerprint density at radius 2 is 1.88 bits per heavy atom. The number of ether oxygens (including phenoxy) is 1. The first-order chi connectivity index (χ1) is 11.1. The first-order valence-electron chi connectivity index (χ1n) is 9.22. The van der Waals surface area contributed by atoms with Crippen LogP contribution in [0.4, 0.5) is 0 Å². The summed E-state index contributed by atoms with van der Waals surface area (Å²) in [7, 11) is 0. The fraction of sp³-hybridized carbons (Fsp3) is 0.800. The summed E-state index contributed by atoms with van der Waals surface area (Å²) in [5.41, 5.74) is -1.27. The van der Waals surface area contributed by atoms with Gasteiger partial charge in [-0.05, 0) is 63.9 Å². The van der Waals surface area contributed by atoms with Crippen molar-refractivity contribution in [1.29, 1.82) is 0 Å². The van der Waals surface area contributed by atoms with Crippen molar-refractivity contribution in [3.05, 3.63) is 23.8 Å². The molecule has 24 heavy (non-hydrogen) atoms. The highest BCUT2D eigenvalue weighted by Crippen LogP contribution is 2.43. The first-order valence-corrected chi connectivity index (χ1v) is 9.22. The Bertz CT molecular complexity index is 490. The maximum atomic E-state index is 10.8. The molecule has 3 N–H and O–H groups in total. The molecule has 4 heteroatoms. The van der Waals surface area contributed by atoms with Gasteiger partial charge in [0, 0.05) is 0 Å². The molecule has 2 bridgehead atoms. The maximum Gasteiger partial charge on any atom is 0.0892 e. The molecule has 1 fully saturated rings. The van der Waals surface area contributed by atoms with Gasteiger partial charge in [-0.1, -0.05) is 32.1 Å². The van der Waals surface area contributed by atoms with Gasteiger partial charge in [0.05, 0.1) is 29.5 Å². The fourth-order valence-electron chi connectivity index (χ4n) is 3.70. The number of hydrogen-bond donors (Lipinski definition) is 3. The quantitative estimate of drug-likeness (QED) is 0.677. The standard InChI is InChI=1S/C20H34O4/c1-15(2)20-12-10-18(3,22)9-5-6-16(14-21)7-8-17(24-20)19(4,23)11-13-20/h6,10,12,15,17,21-23H,5,7-9,11,13-14H2,1-4H3/b12-10+,16-6-/t17-,18+,19+,20+/m1/s1. The SMILES string of the molecule is CC(C)[C@@]12/C=C/[C@@](C)(O)CC/C=C(\CO)CC[C@@H](O1)[C@@](C)(O)CC2. The summed E-state index contributed by atoms with van der Waals surface area (Å²) in [6, 6.07) is 0. The van der Waals surface area contributed by atoms with Crippen LogP contribution >= 0.6 is 0 Å². The molecule has 2 rings (SSSR count). The molecule has 0 aromatic rings. The van der Waals surface area contributed by atoms with Gasteiger partial charge in [0.2, 0.25) is 0 Å². The predicted molar refractivity (Wildman–Crippen MR) is 95.7 cm³/mol. The molecule has 2 heterocycles. The van der Waals surface area contributed by atoms with Crippen LogP contribution in [0.2, 0.25) is 0 Å². The fourth-order valence-corrected chi connectivity index (χ4v) is 3.70. The Hall–Kier alpha value is -0.680. The molecule has 0 spiro atoms. The van der Waals surface area contributed by atoms with Crippen molar-refractivity contribution in [1.82, 2.24) is 0 Å². The lowest BCUT2D eigenvalue weighted by atomic mass is 9.75. The van der Waals surface area contributed by atoms with E-state index >= 15 is 0 Å². The van der Waals surface area contributed by atoms with Crippen molar-refractivity contribution < 1.29 is 20.1 Å². The molecular formula is C20H34O4. The molecule has 2 aliphatic rings. The van der Waals surface area contributed by atoms with Crippen LogP contribution in [0.1, 0.15) is 66.2 Å². The third kappa shape index (κ3) is 4.48. The zero-order chi connectivity index (χ0) is 18.0. The molecule has 0 aliphatic carbocycles. The number of aliphatic hydroxyl groups excluding tert-OH is 1. The van der Waals surface area contributed by atoms with Gasteiger partial charge >= 0.3 is 0 Å². The molecule has 0 saturated carbocycles. The lowest BCUT2D eigenvalue weighted by molar-refractivity contribution is -0.210. The van der Waals surface area contributed by atoms with Crippen LogP contribution in [0.15, 0.2) is 23.8 Å². The second-order valence-corrected chi connectivity index (χ2v) is 8.36. The molecule has 4 nitrogen and oxygen atoms in total. The van der Waals surface area contributed by atoms with Crippen molar-refractivity contribution in [2.75, 3.05) is 6.61 Å². The number of aliphatic hydroxyl groups is 3. The Morgan fingerprint density at radius 1 is 1.17 bits per heavy atom. The first kappa shape index (κ1) is 19.6. The minimum absolute atomic E-state index is 0.0160. The summed E-state index contributed by atoms with van der Waals surface area (Å²) in [5, 5.41) is 31.0. The van der Waals surface area contributed by atoms with Crippen LogP contribution in [0.5, 0.6) is 0 Å². The Kier molecular flexibility index (Phi) is 5.96. The van der Waals surface area contributed by atoms with Gasteiger partial charge in [-0.3, -0.25) is 0 Å². The van der Waals surface area contributed by atoms with E-state index in [1.165, 1.54) is 0 Å². The van der Waals surface area contributed by atoms with Crippen LogP contribution < -0.4 is 0 Å². The zero-order valence-corrected chi connectivity index (χ0v) is 15.6. The van der Waals surface area contributed by atoms with Crippen LogP contribution in [0, 0.1) is 5.92 Å². The summed E-state index contributed by atoms with van der Waals surface area (Å²) in [6.45, 7) is 7.92. The van der Waals surface area contributed by atoms with E-state index in [2.05, 4.69) is 13.8 Å². The van der Waals surface area contributed by atoms with Gasteiger partial charge in [-0.25, -0.2) is 0 Å². The maximum absolute atomic E-state index is 10.8. The topological polar surface area (TPSA) is 69.9 Å². The van der Waals surface area contributed by atoms with Gasteiger partial charge in [0.1, 0.15) is 0 Å². The highest BCUT2D eigenvalue weighted by Gasteiger charge is 2.47. The second kappa shape index (κ2) is 7.28. The molecule has 0 unspecified atom stereocenters. The lowest BCUT2D eigenvalue weighted by Crippen LogP contribution is -2.55. The molecule has 0 aromatic carbocycles. The van der Waals surface area contributed by atoms with E-state index in [4.69, 9.17) is 4.74 Å². The summed E-state index contributed by atoms with van der Waals surface area (Å²) >= 11 is 0. The minimum Gasteiger partial charge on any atom is -0.392 e. The van der Waals surface area contributed by atoms with E-state index in [1.54, 1.807) is 0 Å². The molecular weight excluding hydrogens is 304 g/mol. The largest absolute Gasteiger partial charge is 0.392 e. The van der Waals surface area contributed by atoms with Crippen LogP contribution in [-0.4, -0.2) is 44.8 Å². The van der Waals surface area contributed by atoms with E-state index in [0.717, 1.165) is 18.4 Å². The van der Waals surface area contributed by atoms with Crippen LogP contribution in [0.25, 0.3) is 0 Å². The van der Waals surface area contributed by atoms with E-state index < -0.39 is 16.8 Å². The minimum atomic E-state index is -0.906. The predicted octanol–water partition coefficient (Wildman–Crippen LogP) is 3.11. The van der Waals surface area contributed by atoms with Gasteiger partial charge in [-0.2, -0.15) is 0 Å². The van der Waals surface area contributed by atoms with E-state index in [-0.39, 0.29) is 18.6 Å². The number of rotatable bonds is 2. The van der Waals surface area contributed by atoms with Gasteiger partial charge in [0.25, 0.3) is 0 Å². The van der Waals surface area contributed by atoms with Gasteiger partial charge < -0.3 is 20.1 Å². The monoisotopic (exact) mass is 338 g/mol. The van der Waals surface area contributed by atoms with Crippen molar-refractivity contribution in [3.63, 3.8) is 0 Å². The highest BCUT2D eigenvalue weighted by atomic mass is 16.5. The van der Waals surface area contributed by atoms with Crippen molar-refractivity contribution >= 4 is 0 Å². The molecule has 0 aromatic heterocycles. The third-order valence-corrected chi connectivity index (χ3v) is 5.79. The average Bonchev–Trinajstić information content (AvgIpc) is 2.49. The second-order valence-electron chi connectivity index (χ2n) is 8.36. The number of hydrogen-bond acceptors (Lipinski definition) is 4. The van der Waals surface area contributed by atoms with Gasteiger partial charge in [0.15, 0.2) is 0 Å². The smallest absolute Gasteiger partial charge is 0.0892 e. The summed E-state index contributed by atoms with van der Waals surface area (Å²) in [5.74, 6) is 0.249. The highest BCUT2D eigenvalue weighted by molar-refractivity contribution is 5.15. The average molecular weight is 338 g/mol. The van der Waals surface area contributed by atoms with Gasteiger partial charge in [-0.15, -0.1) is 0 Å². The number of allylic oxidation sites excluding steroid dienone is 1. The van der Waals surface area contributed by atoms with Crippen LogP contribution in [0.3, 0.4) is 0 Å². The van der Waals surface area contributed by atoms with Crippen LogP contribution in [-0.2, 0) is 4.74 Å². The van der Waals surface area contributed by atoms with E-state index in [9.17, 15) is 15.3 Å². The van der Waals surface area contributed by atoms with Crippen molar-refractivity contribution in [2.24, 2.45) is 5.92 Å². The normalized spacial score (nSPS) is 45.0. The molecule has 2 aliphatic heterocycles. The third-order valence-electron chi connectivity index (χ3n) is 5.79. The Labute approximate surface area is 146 Å². The summed E-state index contributed by atoms with van der Waals surface area (Å²) in [6.07, 6.45) is 9.76. The van der Waals surface area contributed by atoms with E-state index in [0.29, 0.717) is 25.7 Å². The summed E-state index contributed by atoms with van der Waals surface area (Å²) in [4.78, 5) is 0.